The molecule has 2 heterocycles. The van der Waals surface area contributed by atoms with Crippen molar-refractivity contribution in [3.8, 4) is 0 Å². The average Bonchev–Trinajstić information content (AvgIpc) is 2.89. The van der Waals surface area contributed by atoms with E-state index in [1.807, 2.05) is 0 Å². The Morgan fingerprint density at radius 1 is 1.27 bits per heavy atom. The van der Waals surface area contributed by atoms with Crippen LogP contribution >= 0.6 is 11.3 Å². The molecule has 1 unspecified atom stereocenters. The number of likely N-dealkylation sites (N-methyl/N-ethyl adjacent to an activating group) is 1. The van der Waals surface area contributed by atoms with Gasteiger partial charge in [-0.2, -0.15) is 13.2 Å². The maximum atomic E-state index is 12.6. The number of anilines is 1. The van der Waals surface area contributed by atoms with Crippen molar-refractivity contribution in [3.63, 3.8) is 0 Å². The van der Waals surface area contributed by atoms with Crippen molar-refractivity contribution in [3.05, 3.63) is 11.1 Å². The first-order valence-corrected chi connectivity index (χ1v) is 8.28. The third-order valence-corrected chi connectivity index (χ3v) is 5.02. The van der Waals surface area contributed by atoms with E-state index in [1.165, 1.54) is 0 Å². The summed E-state index contributed by atoms with van der Waals surface area (Å²) in [6.07, 6.45) is -3.42. The number of nitrogens with one attached hydrogen (secondary N) is 1. The molecule has 1 aromatic heterocycles. The van der Waals surface area contributed by atoms with Gasteiger partial charge in [0.25, 0.3) is 0 Å². The van der Waals surface area contributed by atoms with Gasteiger partial charge < -0.3 is 10.2 Å². The smallest absolute Gasteiger partial charge is 0.360 e. The maximum absolute atomic E-state index is 12.6. The molecule has 0 amide bonds. The summed E-state index contributed by atoms with van der Waals surface area (Å²) in [4.78, 5) is 7.88. The molecule has 1 N–H and O–H groups in total. The van der Waals surface area contributed by atoms with Crippen molar-refractivity contribution in [2.24, 2.45) is 5.92 Å². The summed E-state index contributed by atoms with van der Waals surface area (Å²) < 4.78 is 37.8. The first-order chi connectivity index (χ1) is 10.3. The molecule has 4 nitrogen and oxygen atoms in total. The molecule has 126 valence electrons. The Balaban J connectivity index is 1.93. The lowest BCUT2D eigenvalue weighted by atomic mass is 10.0. The van der Waals surface area contributed by atoms with E-state index in [-0.39, 0.29) is 0 Å². The van der Waals surface area contributed by atoms with Crippen LogP contribution in [-0.4, -0.2) is 60.6 Å². The molecule has 0 spiro atoms. The van der Waals surface area contributed by atoms with E-state index >= 15 is 0 Å². The second-order valence-electron chi connectivity index (χ2n) is 6.06. The van der Waals surface area contributed by atoms with Crippen LogP contribution in [-0.2, 0) is 6.18 Å². The normalized spacial score (nSPS) is 19.6. The molecular weight excluding hydrogens is 313 g/mol. The molecule has 8 heteroatoms. The average molecular weight is 336 g/mol. The topological polar surface area (TPSA) is 31.4 Å². The molecule has 0 aliphatic carbocycles. The number of rotatable bonds is 5. The molecule has 0 bridgehead atoms. The van der Waals surface area contributed by atoms with Gasteiger partial charge in [0.2, 0.25) is 0 Å². The fourth-order valence-corrected chi connectivity index (χ4v) is 3.31. The molecule has 1 aliphatic rings. The Kier molecular flexibility index (Phi) is 5.68. The van der Waals surface area contributed by atoms with Gasteiger partial charge in [0.05, 0.1) is 6.20 Å². The summed E-state index contributed by atoms with van der Waals surface area (Å²) in [5.74, 6) is 0.429. The fraction of sp³-hybridized carbons (Fsp3) is 0.786. The SMILES string of the molecule is CC(C)C(CNc1ncc(C(F)(F)F)s1)N1CCN(C)CC1. The zero-order valence-corrected chi connectivity index (χ0v) is 14.0. The van der Waals surface area contributed by atoms with Crippen LogP contribution in [0.2, 0.25) is 0 Å². The van der Waals surface area contributed by atoms with Crippen molar-refractivity contribution in [2.45, 2.75) is 26.1 Å². The fourth-order valence-electron chi connectivity index (χ4n) is 2.62. The van der Waals surface area contributed by atoms with Crippen molar-refractivity contribution < 1.29 is 13.2 Å². The van der Waals surface area contributed by atoms with Gasteiger partial charge in [0.1, 0.15) is 4.88 Å². The van der Waals surface area contributed by atoms with Crippen molar-refractivity contribution in [1.29, 1.82) is 0 Å². The highest BCUT2D eigenvalue weighted by atomic mass is 32.1. The Bertz CT molecular complexity index is 467. The van der Waals surface area contributed by atoms with E-state index < -0.39 is 11.1 Å². The van der Waals surface area contributed by atoms with Crippen LogP contribution in [0.15, 0.2) is 6.20 Å². The Morgan fingerprint density at radius 2 is 1.91 bits per heavy atom. The first-order valence-electron chi connectivity index (χ1n) is 7.47. The van der Waals surface area contributed by atoms with E-state index in [4.69, 9.17) is 0 Å². The van der Waals surface area contributed by atoms with Crippen LogP contribution in [0.5, 0.6) is 0 Å². The van der Waals surface area contributed by atoms with Crippen LogP contribution in [0.4, 0.5) is 18.3 Å². The number of halogens is 3. The number of alkyl halides is 3. The second kappa shape index (κ2) is 7.14. The number of nitrogens with zero attached hydrogens (tertiary/aromatic N) is 3. The quantitative estimate of drug-likeness (QED) is 0.896. The molecule has 1 aromatic rings. The minimum absolute atomic E-state index is 0.298. The first kappa shape index (κ1) is 17.5. The lowest BCUT2D eigenvalue weighted by molar-refractivity contribution is -0.134. The van der Waals surface area contributed by atoms with Crippen LogP contribution < -0.4 is 5.32 Å². The van der Waals surface area contributed by atoms with Crippen molar-refractivity contribution >= 4 is 16.5 Å². The minimum atomic E-state index is -4.31. The standard InChI is InChI=1S/C14H23F3N4S/c1-10(2)11(21-6-4-20(3)5-7-21)8-18-13-19-9-12(22-13)14(15,16)17/h9-11H,4-8H2,1-3H3,(H,18,19). The molecule has 1 saturated heterocycles. The van der Waals surface area contributed by atoms with E-state index in [2.05, 4.69) is 41.0 Å². The maximum Gasteiger partial charge on any atom is 0.427 e. The molecule has 0 saturated carbocycles. The highest BCUT2D eigenvalue weighted by molar-refractivity contribution is 7.15. The predicted molar refractivity (Wildman–Crippen MR) is 83.3 cm³/mol. The number of thiazole rings is 1. The number of hydrogen-bond acceptors (Lipinski definition) is 5. The van der Waals surface area contributed by atoms with Gasteiger partial charge in [-0.05, 0) is 13.0 Å². The Morgan fingerprint density at radius 3 is 2.41 bits per heavy atom. The van der Waals surface area contributed by atoms with Gasteiger partial charge in [0.15, 0.2) is 5.13 Å². The van der Waals surface area contributed by atoms with Crippen LogP contribution in [0.25, 0.3) is 0 Å². The second-order valence-corrected chi connectivity index (χ2v) is 7.09. The van der Waals surface area contributed by atoms with E-state index in [0.29, 0.717) is 35.0 Å². The number of piperazine rings is 1. The summed E-state index contributed by atoms with van der Waals surface area (Å²) in [5, 5.41) is 3.42. The summed E-state index contributed by atoms with van der Waals surface area (Å²) >= 11 is 0.667. The van der Waals surface area contributed by atoms with Gasteiger partial charge in [-0.3, -0.25) is 4.90 Å². The van der Waals surface area contributed by atoms with Crippen LogP contribution in [0, 0.1) is 5.92 Å². The summed E-state index contributed by atoms with van der Waals surface area (Å²) in [6, 6.07) is 0.298. The molecular formula is C14H23F3N4S. The lowest BCUT2D eigenvalue weighted by Crippen LogP contribution is -2.52. The van der Waals surface area contributed by atoms with Gasteiger partial charge in [0, 0.05) is 38.8 Å². The number of aromatic nitrogens is 1. The molecule has 1 fully saturated rings. The molecule has 0 radical (unpaired) electrons. The van der Waals surface area contributed by atoms with Crippen LogP contribution in [0.3, 0.4) is 0 Å². The molecule has 22 heavy (non-hydrogen) atoms. The van der Waals surface area contributed by atoms with Gasteiger partial charge in [-0.15, -0.1) is 0 Å². The summed E-state index contributed by atoms with van der Waals surface area (Å²) in [7, 11) is 2.11. The highest BCUT2D eigenvalue weighted by Crippen LogP contribution is 2.35. The van der Waals surface area contributed by atoms with Gasteiger partial charge in [-0.1, -0.05) is 25.2 Å². The van der Waals surface area contributed by atoms with Gasteiger partial charge >= 0.3 is 6.18 Å². The zero-order valence-electron chi connectivity index (χ0n) is 13.2. The predicted octanol–water partition coefficient (Wildman–Crippen LogP) is 2.85. The highest BCUT2D eigenvalue weighted by Gasteiger charge is 2.33. The Hall–Kier alpha value is -0.860. The summed E-state index contributed by atoms with van der Waals surface area (Å²) in [6.45, 7) is 8.95. The number of hydrogen-bond donors (Lipinski definition) is 1. The largest absolute Gasteiger partial charge is 0.427 e. The van der Waals surface area contributed by atoms with Crippen LogP contribution in [0.1, 0.15) is 18.7 Å². The van der Waals surface area contributed by atoms with Crippen molar-refractivity contribution in [2.75, 3.05) is 45.1 Å². The Labute approximate surface area is 133 Å². The lowest BCUT2D eigenvalue weighted by Gasteiger charge is -2.39. The molecule has 0 aromatic carbocycles. The third kappa shape index (κ3) is 4.57. The molecule has 1 aliphatic heterocycles. The monoisotopic (exact) mass is 336 g/mol. The third-order valence-electron chi connectivity index (χ3n) is 4.02. The molecule has 1 atom stereocenters. The minimum Gasteiger partial charge on any atom is -0.360 e. The van der Waals surface area contributed by atoms with E-state index in [1.54, 1.807) is 0 Å². The molecule has 2 rings (SSSR count). The van der Waals surface area contributed by atoms with E-state index in [0.717, 1.165) is 32.4 Å². The van der Waals surface area contributed by atoms with Crippen molar-refractivity contribution in [1.82, 2.24) is 14.8 Å². The zero-order chi connectivity index (χ0) is 16.3. The van der Waals surface area contributed by atoms with Gasteiger partial charge in [-0.25, -0.2) is 4.98 Å². The van der Waals surface area contributed by atoms with E-state index in [9.17, 15) is 13.2 Å². The summed E-state index contributed by atoms with van der Waals surface area (Å²) in [5.41, 5.74) is 0.